The Morgan fingerprint density at radius 1 is 1.11 bits per heavy atom. The lowest BCUT2D eigenvalue weighted by atomic mass is 10.0. The van der Waals surface area contributed by atoms with E-state index in [0.29, 0.717) is 5.92 Å². The minimum absolute atomic E-state index is 0.00694. The molecule has 0 spiro atoms. The summed E-state index contributed by atoms with van der Waals surface area (Å²) in [7, 11) is 0. The molecule has 9 heavy (non-hydrogen) atoms. The first-order valence-corrected chi connectivity index (χ1v) is 3.99. The molecule has 2 unspecified atom stereocenters. The van der Waals surface area contributed by atoms with E-state index in [1.807, 2.05) is 0 Å². The first-order valence-electron chi connectivity index (χ1n) is 3.99. The van der Waals surface area contributed by atoms with E-state index in [1.54, 1.807) is 0 Å². The molecule has 1 aliphatic rings. The predicted molar refractivity (Wildman–Crippen MR) is 38.3 cm³/mol. The SMILES string of the molecule is CC1CCCCCC1O. The molecule has 1 aliphatic carbocycles. The summed E-state index contributed by atoms with van der Waals surface area (Å²) < 4.78 is 0. The largest absolute Gasteiger partial charge is 0.393 e. The van der Waals surface area contributed by atoms with Gasteiger partial charge in [-0.15, -0.1) is 0 Å². The van der Waals surface area contributed by atoms with Gasteiger partial charge in [0.05, 0.1) is 6.10 Å². The standard InChI is InChI=1S/C8H16O/c1-7-5-3-2-4-6-8(7)9/h7-9H,2-6H2,1H3. The summed E-state index contributed by atoms with van der Waals surface area (Å²) in [5.41, 5.74) is 0. The van der Waals surface area contributed by atoms with Gasteiger partial charge >= 0.3 is 0 Å². The first kappa shape index (κ1) is 7.07. The second-order valence-electron chi connectivity index (χ2n) is 3.18. The molecule has 0 heterocycles. The maximum atomic E-state index is 9.36. The Kier molecular flexibility index (Phi) is 2.52. The number of hydrogen-bond acceptors (Lipinski definition) is 1. The van der Waals surface area contributed by atoms with Crippen molar-refractivity contribution in [2.75, 3.05) is 0 Å². The van der Waals surface area contributed by atoms with Crippen LogP contribution in [0.5, 0.6) is 0 Å². The van der Waals surface area contributed by atoms with Crippen LogP contribution < -0.4 is 0 Å². The van der Waals surface area contributed by atoms with E-state index >= 15 is 0 Å². The molecule has 1 heteroatoms. The van der Waals surface area contributed by atoms with E-state index in [9.17, 15) is 5.11 Å². The van der Waals surface area contributed by atoms with Crippen molar-refractivity contribution in [1.29, 1.82) is 0 Å². The quantitative estimate of drug-likeness (QED) is 0.494. The highest BCUT2D eigenvalue weighted by Crippen LogP contribution is 2.22. The Labute approximate surface area is 57.1 Å². The van der Waals surface area contributed by atoms with Gasteiger partial charge in [0.1, 0.15) is 0 Å². The Morgan fingerprint density at radius 3 is 2.56 bits per heavy atom. The zero-order chi connectivity index (χ0) is 6.69. The molecule has 0 saturated heterocycles. The molecule has 1 rings (SSSR count). The third-order valence-corrected chi connectivity index (χ3v) is 2.32. The lowest BCUT2D eigenvalue weighted by Gasteiger charge is -2.13. The van der Waals surface area contributed by atoms with Crippen LogP contribution in [-0.2, 0) is 0 Å². The van der Waals surface area contributed by atoms with Gasteiger partial charge in [-0.2, -0.15) is 0 Å². The summed E-state index contributed by atoms with van der Waals surface area (Å²) in [6.45, 7) is 2.15. The molecule has 0 bridgehead atoms. The molecule has 1 saturated carbocycles. The van der Waals surface area contributed by atoms with Gasteiger partial charge in [-0.3, -0.25) is 0 Å². The topological polar surface area (TPSA) is 20.2 Å². The molecular weight excluding hydrogens is 112 g/mol. The van der Waals surface area contributed by atoms with Gasteiger partial charge in [-0.1, -0.05) is 26.2 Å². The van der Waals surface area contributed by atoms with Crippen LogP contribution in [0.4, 0.5) is 0 Å². The summed E-state index contributed by atoms with van der Waals surface area (Å²) in [6, 6.07) is 0. The highest BCUT2D eigenvalue weighted by atomic mass is 16.3. The van der Waals surface area contributed by atoms with Gasteiger partial charge in [0.25, 0.3) is 0 Å². The molecule has 1 N–H and O–H groups in total. The van der Waals surface area contributed by atoms with Gasteiger partial charge in [0.2, 0.25) is 0 Å². The van der Waals surface area contributed by atoms with Crippen LogP contribution in [0.3, 0.4) is 0 Å². The van der Waals surface area contributed by atoms with Crippen LogP contribution in [0.15, 0.2) is 0 Å². The van der Waals surface area contributed by atoms with Crippen LogP contribution in [0, 0.1) is 5.92 Å². The van der Waals surface area contributed by atoms with Crippen molar-refractivity contribution < 1.29 is 5.11 Å². The summed E-state index contributed by atoms with van der Waals surface area (Å²) in [6.07, 6.45) is 6.11. The molecule has 0 aromatic rings. The Balaban J connectivity index is 2.32. The van der Waals surface area contributed by atoms with Crippen molar-refractivity contribution in [3.05, 3.63) is 0 Å². The fourth-order valence-corrected chi connectivity index (χ4v) is 1.47. The van der Waals surface area contributed by atoms with Crippen molar-refractivity contribution in [3.63, 3.8) is 0 Å². The van der Waals surface area contributed by atoms with E-state index in [2.05, 4.69) is 6.92 Å². The zero-order valence-corrected chi connectivity index (χ0v) is 6.14. The van der Waals surface area contributed by atoms with Crippen LogP contribution >= 0.6 is 0 Å². The zero-order valence-electron chi connectivity index (χ0n) is 6.14. The average Bonchev–Trinajstić information content (AvgIpc) is 1.99. The second kappa shape index (κ2) is 3.21. The fourth-order valence-electron chi connectivity index (χ4n) is 1.47. The van der Waals surface area contributed by atoms with E-state index < -0.39 is 0 Å². The summed E-state index contributed by atoms with van der Waals surface area (Å²) in [4.78, 5) is 0. The molecule has 0 amide bonds. The number of hydrogen-bond donors (Lipinski definition) is 1. The van der Waals surface area contributed by atoms with E-state index in [0.717, 1.165) is 6.42 Å². The van der Waals surface area contributed by atoms with Crippen LogP contribution in [-0.4, -0.2) is 11.2 Å². The first-order chi connectivity index (χ1) is 4.30. The summed E-state index contributed by atoms with van der Waals surface area (Å²) >= 11 is 0. The van der Waals surface area contributed by atoms with Gasteiger partial charge in [-0.25, -0.2) is 0 Å². The van der Waals surface area contributed by atoms with Gasteiger partial charge in [0.15, 0.2) is 0 Å². The van der Waals surface area contributed by atoms with Crippen molar-refractivity contribution in [3.8, 4) is 0 Å². The molecule has 0 aromatic heterocycles. The molecule has 0 aliphatic heterocycles. The van der Waals surface area contributed by atoms with E-state index in [-0.39, 0.29) is 6.10 Å². The third-order valence-electron chi connectivity index (χ3n) is 2.32. The minimum atomic E-state index is -0.00694. The Morgan fingerprint density at radius 2 is 1.78 bits per heavy atom. The minimum Gasteiger partial charge on any atom is -0.393 e. The molecule has 2 atom stereocenters. The van der Waals surface area contributed by atoms with Gasteiger partial charge in [0, 0.05) is 0 Å². The average molecular weight is 128 g/mol. The molecule has 54 valence electrons. The monoisotopic (exact) mass is 128 g/mol. The number of aliphatic hydroxyl groups excluding tert-OH is 1. The summed E-state index contributed by atoms with van der Waals surface area (Å²) in [5, 5.41) is 9.36. The summed E-state index contributed by atoms with van der Waals surface area (Å²) in [5.74, 6) is 0.549. The lowest BCUT2D eigenvalue weighted by Crippen LogP contribution is -2.14. The molecule has 0 aromatic carbocycles. The highest BCUT2D eigenvalue weighted by Gasteiger charge is 2.15. The number of aliphatic hydroxyl groups is 1. The molecular formula is C8H16O. The third kappa shape index (κ3) is 1.98. The molecule has 1 fully saturated rings. The van der Waals surface area contributed by atoms with Gasteiger partial charge < -0.3 is 5.11 Å². The maximum absolute atomic E-state index is 9.36. The number of rotatable bonds is 0. The van der Waals surface area contributed by atoms with Gasteiger partial charge in [-0.05, 0) is 18.8 Å². The highest BCUT2D eigenvalue weighted by molar-refractivity contribution is 4.68. The van der Waals surface area contributed by atoms with Crippen molar-refractivity contribution in [2.45, 2.75) is 45.1 Å². The van der Waals surface area contributed by atoms with Crippen molar-refractivity contribution >= 4 is 0 Å². The molecule has 1 nitrogen and oxygen atoms in total. The Hall–Kier alpha value is -0.0400. The van der Waals surface area contributed by atoms with Crippen LogP contribution in [0.25, 0.3) is 0 Å². The normalized spacial score (nSPS) is 38.0. The maximum Gasteiger partial charge on any atom is 0.0565 e. The predicted octanol–water partition coefficient (Wildman–Crippen LogP) is 1.95. The smallest absolute Gasteiger partial charge is 0.0565 e. The van der Waals surface area contributed by atoms with Crippen molar-refractivity contribution in [2.24, 2.45) is 5.92 Å². The second-order valence-corrected chi connectivity index (χ2v) is 3.18. The Bertz CT molecular complexity index is 70.6. The van der Waals surface area contributed by atoms with E-state index in [4.69, 9.17) is 0 Å². The fraction of sp³-hybridized carbons (Fsp3) is 1.00. The van der Waals surface area contributed by atoms with E-state index in [1.165, 1.54) is 25.7 Å². The van der Waals surface area contributed by atoms with Crippen LogP contribution in [0.2, 0.25) is 0 Å². The van der Waals surface area contributed by atoms with Crippen LogP contribution in [0.1, 0.15) is 39.0 Å². The lowest BCUT2D eigenvalue weighted by molar-refractivity contribution is 0.110. The molecule has 0 radical (unpaired) electrons. The van der Waals surface area contributed by atoms with Crippen molar-refractivity contribution in [1.82, 2.24) is 0 Å².